The molecule has 2 rings (SSSR count). The Morgan fingerprint density at radius 2 is 2.11 bits per heavy atom. The molecule has 1 aliphatic carbocycles. The zero-order valence-corrected chi connectivity index (χ0v) is 10.8. The van der Waals surface area contributed by atoms with E-state index in [1.165, 1.54) is 6.07 Å². The Kier molecular flexibility index (Phi) is 3.84. The van der Waals surface area contributed by atoms with E-state index in [9.17, 15) is 4.79 Å². The third-order valence-electron chi connectivity index (χ3n) is 3.78. The summed E-state index contributed by atoms with van der Waals surface area (Å²) >= 11 is 0. The fourth-order valence-electron chi connectivity index (χ4n) is 2.38. The molecule has 18 heavy (non-hydrogen) atoms. The lowest BCUT2D eigenvalue weighted by molar-refractivity contribution is 0.0683. The molecule has 3 atom stereocenters. The van der Waals surface area contributed by atoms with Gasteiger partial charge < -0.3 is 9.84 Å². The van der Waals surface area contributed by atoms with E-state index in [0.717, 1.165) is 25.2 Å². The Hall–Kier alpha value is -1.58. The highest BCUT2D eigenvalue weighted by Gasteiger charge is 2.26. The van der Waals surface area contributed by atoms with Gasteiger partial charge in [0.05, 0.1) is 0 Å². The molecule has 1 aromatic rings. The van der Waals surface area contributed by atoms with Crippen molar-refractivity contribution in [1.82, 2.24) is 4.98 Å². The van der Waals surface area contributed by atoms with Crippen molar-refractivity contribution < 1.29 is 14.6 Å². The number of pyridine rings is 1. The van der Waals surface area contributed by atoms with Gasteiger partial charge in [0, 0.05) is 6.07 Å². The molecule has 4 heteroatoms. The van der Waals surface area contributed by atoms with E-state index in [2.05, 4.69) is 18.8 Å². The standard InChI is InChI=1S/C14H19NO3/c1-9-6-7-11(8-10(9)2)18-13-5-3-4-12(15-13)14(16)17/h3-5,9-11H,6-8H2,1-2H3,(H,16,17). The van der Waals surface area contributed by atoms with Gasteiger partial charge in [0.15, 0.2) is 5.69 Å². The van der Waals surface area contributed by atoms with Crippen LogP contribution in [0.1, 0.15) is 43.6 Å². The van der Waals surface area contributed by atoms with Gasteiger partial charge in [-0.1, -0.05) is 19.9 Å². The molecular weight excluding hydrogens is 230 g/mol. The molecule has 0 aromatic carbocycles. The van der Waals surface area contributed by atoms with Crippen molar-refractivity contribution in [1.29, 1.82) is 0 Å². The van der Waals surface area contributed by atoms with Crippen molar-refractivity contribution in [2.24, 2.45) is 11.8 Å². The predicted molar refractivity (Wildman–Crippen MR) is 67.8 cm³/mol. The Morgan fingerprint density at radius 1 is 1.33 bits per heavy atom. The predicted octanol–water partition coefficient (Wildman–Crippen LogP) is 2.98. The van der Waals surface area contributed by atoms with Crippen LogP contribution in [0.25, 0.3) is 0 Å². The maximum Gasteiger partial charge on any atom is 0.354 e. The van der Waals surface area contributed by atoms with Crippen molar-refractivity contribution >= 4 is 5.97 Å². The zero-order valence-electron chi connectivity index (χ0n) is 10.8. The van der Waals surface area contributed by atoms with Crippen LogP contribution in [0.2, 0.25) is 0 Å². The second kappa shape index (κ2) is 5.38. The molecule has 1 fully saturated rings. The highest BCUT2D eigenvalue weighted by atomic mass is 16.5. The minimum atomic E-state index is -1.02. The molecule has 1 aromatic heterocycles. The quantitative estimate of drug-likeness (QED) is 0.894. The Morgan fingerprint density at radius 3 is 2.78 bits per heavy atom. The summed E-state index contributed by atoms with van der Waals surface area (Å²) in [6.07, 6.45) is 3.35. The van der Waals surface area contributed by atoms with E-state index in [0.29, 0.717) is 11.8 Å². The van der Waals surface area contributed by atoms with Gasteiger partial charge in [0.1, 0.15) is 6.10 Å². The molecule has 0 saturated heterocycles. The van der Waals surface area contributed by atoms with Crippen molar-refractivity contribution in [2.45, 2.75) is 39.2 Å². The fraction of sp³-hybridized carbons (Fsp3) is 0.571. The van der Waals surface area contributed by atoms with Crippen LogP contribution >= 0.6 is 0 Å². The lowest BCUT2D eigenvalue weighted by atomic mass is 9.80. The summed E-state index contributed by atoms with van der Waals surface area (Å²) in [5, 5.41) is 8.87. The molecule has 3 unspecified atom stereocenters. The number of carboxylic acids is 1. The van der Waals surface area contributed by atoms with Gasteiger partial charge in [-0.05, 0) is 37.2 Å². The normalized spacial score (nSPS) is 27.8. The summed E-state index contributed by atoms with van der Waals surface area (Å²) in [5.41, 5.74) is 0.0322. The maximum atomic E-state index is 10.8. The molecule has 4 nitrogen and oxygen atoms in total. The number of hydrogen-bond acceptors (Lipinski definition) is 3. The highest BCUT2D eigenvalue weighted by Crippen LogP contribution is 2.31. The lowest BCUT2D eigenvalue weighted by Crippen LogP contribution is -2.29. The SMILES string of the molecule is CC1CCC(Oc2cccc(C(=O)O)n2)CC1C. The first kappa shape index (κ1) is 12.9. The van der Waals surface area contributed by atoms with Gasteiger partial charge in [-0.15, -0.1) is 0 Å². The second-order valence-electron chi connectivity index (χ2n) is 5.17. The number of rotatable bonds is 3. The van der Waals surface area contributed by atoms with Gasteiger partial charge in [-0.3, -0.25) is 0 Å². The van der Waals surface area contributed by atoms with Crippen LogP contribution in [-0.4, -0.2) is 22.2 Å². The van der Waals surface area contributed by atoms with Crippen molar-refractivity contribution in [3.63, 3.8) is 0 Å². The Labute approximate surface area is 107 Å². The van der Waals surface area contributed by atoms with Gasteiger partial charge in [0.25, 0.3) is 0 Å². The number of aromatic carboxylic acids is 1. The summed E-state index contributed by atoms with van der Waals surface area (Å²) in [4.78, 5) is 14.8. The fourth-order valence-corrected chi connectivity index (χ4v) is 2.38. The molecule has 1 saturated carbocycles. The minimum Gasteiger partial charge on any atom is -0.477 e. The summed E-state index contributed by atoms with van der Waals surface area (Å²) in [6, 6.07) is 4.86. The smallest absolute Gasteiger partial charge is 0.354 e. The average Bonchev–Trinajstić information content (AvgIpc) is 2.34. The van der Waals surface area contributed by atoms with Crippen LogP contribution < -0.4 is 4.74 Å². The molecule has 1 N–H and O–H groups in total. The third kappa shape index (κ3) is 3.00. The number of carboxylic acid groups (broad SMARTS) is 1. The zero-order chi connectivity index (χ0) is 13.1. The topological polar surface area (TPSA) is 59.4 Å². The summed E-state index contributed by atoms with van der Waals surface area (Å²) in [5.74, 6) is 0.780. The van der Waals surface area contributed by atoms with Crippen LogP contribution in [0.3, 0.4) is 0 Å². The molecule has 0 aliphatic heterocycles. The summed E-state index contributed by atoms with van der Waals surface area (Å²) in [6.45, 7) is 4.51. The summed E-state index contributed by atoms with van der Waals surface area (Å²) in [7, 11) is 0. The largest absolute Gasteiger partial charge is 0.477 e. The molecular formula is C14H19NO3. The molecule has 98 valence electrons. The van der Waals surface area contributed by atoms with E-state index in [4.69, 9.17) is 9.84 Å². The number of nitrogens with zero attached hydrogens (tertiary/aromatic N) is 1. The maximum absolute atomic E-state index is 10.8. The first-order chi connectivity index (χ1) is 8.56. The number of ether oxygens (including phenoxy) is 1. The number of carbonyl (C=O) groups is 1. The number of hydrogen-bond donors (Lipinski definition) is 1. The second-order valence-corrected chi connectivity index (χ2v) is 5.17. The molecule has 0 radical (unpaired) electrons. The molecule has 0 spiro atoms. The Bertz CT molecular complexity index is 433. The van der Waals surface area contributed by atoms with E-state index in [1.807, 2.05) is 0 Å². The molecule has 0 amide bonds. The Balaban J connectivity index is 2.01. The third-order valence-corrected chi connectivity index (χ3v) is 3.78. The first-order valence-corrected chi connectivity index (χ1v) is 6.43. The minimum absolute atomic E-state index is 0.0322. The van der Waals surface area contributed by atoms with Crippen molar-refractivity contribution in [2.75, 3.05) is 0 Å². The molecule has 0 bridgehead atoms. The van der Waals surface area contributed by atoms with E-state index >= 15 is 0 Å². The molecule has 1 heterocycles. The van der Waals surface area contributed by atoms with Gasteiger partial charge in [0.2, 0.25) is 5.88 Å². The van der Waals surface area contributed by atoms with Crippen molar-refractivity contribution in [3.8, 4) is 5.88 Å². The average molecular weight is 249 g/mol. The van der Waals surface area contributed by atoms with E-state index in [-0.39, 0.29) is 11.8 Å². The van der Waals surface area contributed by atoms with Crippen LogP contribution in [0.5, 0.6) is 5.88 Å². The van der Waals surface area contributed by atoms with Crippen LogP contribution in [0.15, 0.2) is 18.2 Å². The van der Waals surface area contributed by atoms with E-state index < -0.39 is 5.97 Å². The van der Waals surface area contributed by atoms with Crippen LogP contribution in [0, 0.1) is 11.8 Å². The first-order valence-electron chi connectivity index (χ1n) is 6.43. The van der Waals surface area contributed by atoms with Gasteiger partial charge >= 0.3 is 5.97 Å². The number of aromatic nitrogens is 1. The van der Waals surface area contributed by atoms with E-state index in [1.54, 1.807) is 12.1 Å². The molecule has 1 aliphatic rings. The summed E-state index contributed by atoms with van der Waals surface area (Å²) < 4.78 is 5.79. The van der Waals surface area contributed by atoms with Gasteiger partial charge in [-0.25, -0.2) is 9.78 Å². The monoisotopic (exact) mass is 249 g/mol. The van der Waals surface area contributed by atoms with Crippen LogP contribution in [-0.2, 0) is 0 Å². The van der Waals surface area contributed by atoms with Crippen LogP contribution in [0.4, 0.5) is 0 Å². The van der Waals surface area contributed by atoms with Gasteiger partial charge in [-0.2, -0.15) is 0 Å². The van der Waals surface area contributed by atoms with Crippen molar-refractivity contribution in [3.05, 3.63) is 23.9 Å². The highest BCUT2D eigenvalue weighted by molar-refractivity contribution is 5.85. The lowest BCUT2D eigenvalue weighted by Gasteiger charge is -2.31.